The van der Waals surface area contributed by atoms with Crippen molar-refractivity contribution in [1.82, 2.24) is 10.2 Å². The van der Waals surface area contributed by atoms with E-state index in [-0.39, 0.29) is 29.2 Å². The Bertz CT molecular complexity index is 1080. The summed E-state index contributed by atoms with van der Waals surface area (Å²) < 4.78 is 26.0. The molecule has 0 fully saturated rings. The SMILES string of the molecule is CC[C@H](C)NC(=O)[C@H](C)N(Cc1ccc(Cl)cc1)C(=O)CN(c1ccccc1Cl)S(C)(=O)=O. The number of hydrogen-bond donors (Lipinski definition) is 1. The number of nitrogens with one attached hydrogen (secondary N) is 1. The number of benzene rings is 2. The van der Waals surface area contributed by atoms with E-state index < -0.39 is 28.5 Å². The van der Waals surface area contributed by atoms with Gasteiger partial charge in [-0.25, -0.2) is 8.42 Å². The van der Waals surface area contributed by atoms with Crippen LogP contribution in [0.15, 0.2) is 48.5 Å². The first-order valence-electron chi connectivity index (χ1n) is 10.5. The van der Waals surface area contributed by atoms with Crippen LogP contribution >= 0.6 is 23.2 Å². The molecule has 0 saturated carbocycles. The Morgan fingerprint density at radius 2 is 1.64 bits per heavy atom. The molecular formula is C23H29Cl2N3O4S. The number of carbonyl (C=O) groups is 2. The third kappa shape index (κ3) is 7.62. The second kappa shape index (κ2) is 11.7. The highest BCUT2D eigenvalue weighted by Gasteiger charge is 2.31. The van der Waals surface area contributed by atoms with Crippen LogP contribution < -0.4 is 9.62 Å². The Balaban J connectivity index is 2.39. The molecular weight excluding hydrogens is 485 g/mol. The number of rotatable bonds is 10. The maximum Gasteiger partial charge on any atom is 0.244 e. The average Bonchev–Trinajstić information content (AvgIpc) is 2.76. The maximum atomic E-state index is 13.4. The lowest BCUT2D eigenvalue weighted by atomic mass is 10.1. The van der Waals surface area contributed by atoms with Crippen molar-refractivity contribution >= 4 is 50.7 Å². The average molecular weight is 514 g/mol. The zero-order valence-electron chi connectivity index (χ0n) is 19.1. The molecule has 0 spiro atoms. The van der Waals surface area contributed by atoms with Crippen molar-refractivity contribution < 1.29 is 18.0 Å². The summed E-state index contributed by atoms with van der Waals surface area (Å²) in [5, 5.41) is 3.62. The summed E-state index contributed by atoms with van der Waals surface area (Å²) in [6, 6.07) is 12.4. The molecule has 0 aliphatic carbocycles. The van der Waals surface area contributed by atoms with Crippen LogP contribution in [0.5, 0.6) is 0 Å². The largest absolute Gasteiger partial charge is 0.352 e. The monoisotopic (exact) mass is 513 g/mol. The lowest BCUT2D eigenvalue weighted by Gasteiger charge is -2.32. The highest BCUT2D eigenvalue weighted by atomic mass is 35.5. The maximum absolute atomic E-state index is 13.4. The Morgan fingerprint density at radius 3 is 2.18 bits per heavy atom. The molecule has 7 nitrogen and oxygen atoms in total. The number of carbonyl (C=O) groups excluding carboxylic acids is 2. The van der Waals surface area contributed by atoms with Crippen molar-refractivity contribution in [3.05, 3.63) is 64.1 Å². The molecule has 0 saturated heterocycles. The fraction of sp³-hybridized carbons (Fsp3) is 0.391. The van der Waals surface area contributed by atoms with Gasteiger partial charge < -0.3 is 10.2 Å². The van der Waals surface area contributed by atoms with E-state index in [1.54, 1.807) is 49.4 Å². The topological polar surface area (TPSA) is 86.8 Å². The Hall–Kier alpha value is -2.29. The quantitative estimate of drug-likeness (QED) is 0.518. The molecule has 2 atom stereocenters. The van der Waals surface area contributed by atoms with Crippen molar-refractivity contribution in [2.24, 2.45) is 0 Å². The standard InChI is InChI=1S/C23H29Cl2N3O4S/c1-5-16(2)26-23(30)17(3)27(14-18-10-12-19(24)13-11-18)22(29)15-28(33(4,31)32)21-9-7-6-8-20(21)25/h6-13,16-17H,5,14-15H2,1-4H3,(H,26,30)/t16-,17-/m0/s1. The molecule has 0 unspecified atom stereocenters. The lowest BCUT2D eigenvalue weighted by Crippen LogP contribution is -2.52. The number of para-hydroxylation sites is 1. The van der Waals surface area contributed by atoms with Crippen molar-refractivity contribution in [1.29, 1.82) is 0 Å². The van der Waals surface area contributed by atoms with Crippen LogP contribution in [-0.4, -0.2) is 50.0 Å². The third-order valence-electron chi connectivity index (χ3n) is 5.23. The van der Waals surface area contributed by atoms with E-state index in [4.69, 9.17) is 23.2 Å². The van der Waals surface area contributed by atoms with Gasteiger partial charge in [-0.1, -0.05) is 54.4 Å². The van der Waals surface area contributed by atoms with Crippen molar-refractivity contribution in [2.45, 2.75) is 45.8 Å². The number of nitrogens with zero attached hydrogens (tertiary/aromatic N) is 2. The first kappa shape index (κ1) is 27.0. The van der Waals surface area contributed by atoms with Gasteiger partial charge in [0, 0.05) is 17.6 Å². The molecule has 0 aromatic heterocycles. The van der Waals surface area contributed by atoms with E-state index in [0.717, 1.165) is 22.5 Å². The molecule has 2 rings (SSSR count). The van der Waals surface area contributed by atoms with E-state index >= 15 is 0 Å². The molecule has 1 N–H and O–H groups in total. The zero-order valence-corrected chi connectivity index (χ0v) is 21.4. The first-order valence-corrected chi connectivity index (χ1v) is 13.1. The molecule has 2 amide bonds. The molecule has 0 bridgehead atoms. The third-order valence-corrected chi connectivity index (χ3v) is 6.93. The van der Waals surface area contributed by atoms with Gasteiger partial charge in [0.05, 0.1) is 17.0 Å². The van der Waals surface area contributed by atoms with Gasteiger partial charge in [-0.05, 0) is 50.1 Å². The molecule has 2 aromatic carbocycles. The van der Waals surface area contributed by atoms with Gasteiger partial charge in [0.2, 0.25) is 21.8 Å². The van der Waals surface area contributed by atoms with Gasteiger partial charge >= 0.3 is 0 Å². The summed E-state index contributed by atoms with van der Waals surface area (Å²) in [6.07, 6.45) is 1.74. The van der Waals surface area contributed by atoms with Crippen LogP contribution in [0.1, 0.15) is 32.8 Å². The van der Waals surface area contributed by atoms with Crippen LogP contribution in [0, 0.1) is 0 Å². The van der Waals surface area contributed by atoms with E-state index in [1.165, 1.54) is 11.0 Å². The van der Waals surface area contributed by atoms with Crippen molar-refractivity contribution in [3.8, 4) is 0 Å². The minimum atomic E-state index is -3.83. The molecule has 0 aliphatic rings. The molecule has 0 radical (unpaired) electrons. The number of anilines is 1. The number of hydrogen-bond acceptors (Lipinski definition) is 4. The lowest BCUT2D eigenvalue weighted by molar-refractivity contribution is -0.139. The Labute approximate surface area is 205 Å². The van der Waals surface area contributed by atoms with Gasteiger partial charge in [0.1, 0.15) is 12.6 Å². The minimum Gasteiger partial charge on any atom is -0.352 e. The summed E-state index contributed by atoms with van der Waals surface area (Å²) in [7, 11) is -3.83. The number of amides is 2. The fourth-order valence-electron chi connectivity index (χ4n) is 3.08. The summed E-state index contributed by atoms with van der Waals surface area (Å²) in [5.41, 5.74) is 0.942. The fourth-order valence-corrected chi connectivity index (χ4v) is 4.36. The van der Waals surface area contributed by atoms with Crippen LogP contribution in [0.4, 0.5) is 5.69 Å². The van der Waals surface area contributed by atoms with Gasteiger partial charge in [-0.15, -0.1) is 0 Å². The summed E-state index contributed by atoms with van der Waals surface area (Å²) in [6.45, 7) is 5.03. The van der Waals surface area contributed by atoms with Gasteiger partial charge in [0.15, 0.2) is 0 Å². The zero-order chi connectivity index (χ0) is 24.8. The summed E-state index contributed by atoms with van der Waals surface area (Å²) in [5.74, 6) is -0.864. The summed E-state index contributed by atoms with van der Waals surface area (Å²) in [4.78, 5) is 27.6. The van der Waals surface area contributed by atoms with Crippen LogP contribution in [0.3, 0.4) is 0 Å². The molecule has 180 valence electrons. The molecule has 0 heterocycles. The molecule has 0 aliphatic heterocycles. The number of sulfonamides is 1. The minimum absolute atomic E-state index is 0.0666. The Kier molecular flexibility index (Phi) is 9.57. The van der Waals surface area contributed by atoms with E-state index in [9.17, 15) is 18.0 Å². The molecule has 2 aromatic rings. The normalized spacial score (nSPS) is 13.2. The smallest absolute Gasteiger partial charge is 0.244 e. The van der Waals surface area contributed by atoms with E-state index in [0.29, 0.717) is 5.02 Å². The summed E-state index contributed by atoms with van der Waals surface area (Å²) >= 11 is 12.2. The predicted molar refractivity (Wildman–Crippen MR) is 133 cm³/mol. The molecule has 10 heteroatoms. The van der Waals surface area contributed by atoms with Gasteiger partial charge in [0.25, 0.3) is 0 Å². The van der Waals surface area contributed by atoms with Crippen LogP contribution in [0.25, 0.3) is 0 Å². The van der Waals surface area contributed by atoms with Gasteiger partial charge in [-0.3, -0.25) is 13.9 Å². The highest BCUT2D eigenvalue weighted by molar-refractivity contribution is 7.92. The van der Waals surface area contributed by atoms with E-state index in [1.807, 2.05) is 13.8 Å². The second-order valence-electron chi connectivity index (χ2n) is 7.86. The van der Waals surface area contributed by atoms with Crippen molar-refractivity contribution in [2.75, 3.05) is 17.1 Å². The van der Waals surface area contributed by atoms with Crippen LogP contribution in [0.2, 0.25) is 10.0 Å². The Morgan fingerprint density at radius 1 is 1.03 bits per heavy atom. The van der Waals surface area contributed by atoms with Crippen molar-refractivity contribution in [3.63, 3.8) is 0 Å². The number of halogens is 2. The predicted octanol–water partition coefficient (Wildman–Crippen LogP) is 4.09. The molecule has 33 heavy (non-hydrogen) atoms. The first-order chi connectivity index (χ1) is 15.4. The van der Waals surface area contributed by atoms with E-state index in [2.05, 4.69) is 5.32 Å². The van der Waals surface area contributed by atoms with Gasteiger partial charge in [-0.2, -0.15) is 0 Å². The van der Waals surface area contributed by atoms with Crippen LogP contribution in [-0.2, 0) is 26.2 Å². The highest BCUT2D eigenvalue weighted by Crippen LogP contribution is 2.27. The second-order valence-corrected chi connectivity index (χ2v) is 10.6.